The summed E-state index contributed by atoms with van der Waals surface area (Å²) in [6, 6.07) is 5.04. The quantitative estimate of drug-likeness (QED) is 0.912. The number of hydrogen-bond donors (Lipinski definition) is 1. The zero-order chi connectivity index (χ0) is 14.9. The van der Waals surface area contributed by atoms with Crippen LogP contribution >= 0.6 is 15.9 Å². The first-order chi connectivity index (χ1) is 9.41. The van der Waals surface area contributed by atoms with Gasteiger partial charge in [-0.15, -0.1) is 0 Å². The largest absolute Gasteiger partial charge is 0.481 e. The van der Waals surface area contributed by atoms with Crippen molar-refractivity contribution in [1.82, 2.24) is 4.90 Å². The number of nitrogens with zero attached hydrogens (tertiary/aromatic N) is 1. The molecule has 0 radical (unpaired) electrons. The van der Waals surface area contributed by atoms with Crippen molar-refractivity contribution in [3.63, 3.8) is 0 Å². The highest BCUT2D eigenvalue weighted by Gasteiger charge is 2.38. The summed E-state index contributed by atoms with van der Waals surface area (Å²) in [4.78, 5) is 25.2. The molecule has 1 amide bonds. The van der Waals surface area contributed by atoms with E-state index in [9.17, 15) is 9.59 Å². The normalized spacial score (nSPS) is 21.8. The molecule has 20 heavy (non-hydrogen) atoms. The third kappa shape index (κ3) is 2.86. The van der Waals surface area contributed by atoms with Crippen molar-refractivity contribution < 1.29 is 19.4 Å². The molecule has 1 aromatic rings. The van der Waals surface area contributed by atoms with E-state index in [0.717, 1.165) is 10.0 Å². The van der Waals surface area contributed by atoms with Gasteiger partial charge in [-0.3, -0.25) is 9.59 Å². The molecule has 2 atom stereocenters. The lowest BCUT2D eigenvalue weighted by atomic mass is 10.0. The van der Waals surface area contributed by atoms with Crippen LogP contribution in [-0.2, 0) is 9.53 Å². The van der Waals surface area contributed by atoms with Gasteiger partial charge in [-0.1, -0.05) is 22.0 Å². The van der Waals surface area contributed by atoms with Gasteiger partial charge in [0.05, 0.1) is 19.3 Å². The monoisotopic (exact) mass is 341 g/mol. The van der Waals surface area contributed by atoms with Crippen LogP contribution < -0.4 is 0 Å². The zero-order valence-electron chi connectivity index (χ0n) is 11.3. The van der Waals surface area contributed by atoms with Gasteiger partial charge in [0.2, 0.25) is 0 Å². The maximum atomic E-state index is 12.5. The fourth-order valence-electron chi connectivity index (χ4n) is 2.33. The fraction of sp³-hybridized carbons (Fsp3) is 0.429. The van der Waals surface area contributed by atoms with Crippen LogP contribution in [0, 0.1) is 12.8 Å². The van der Waals surface area contributed by atoms with Crippen LogP contribution in [0.5, 0.6) is 0 Å². The van der Waals surface area contributed by atoms with Gasteiger partial charge in [-0.05, 0) is 24.6 Å². The Morgan fingerprint density at radius 1 is 1.40 bits per heavy atom. The van der Waals surface area contributed by atoms with Gasteiger partial charge in [-0.25, -0.2) is 0 Å². The Balaban J connectivity index is 2.24. The number of carbonyl (C=O) groups excluding carboxylic acids is 1. The van der Waals surface area contributed by atoms with E-state index in [4.69, 9.17) is 9.84 Å². The van der Waals surface area contributed by atoms with Crippen molar-refractivity contribution in [1.29, 1.82) is 0 Å². The number of aryl methyl sites for hydroxylation is 1. The van der Waals surface area contributed by atoms with Gasteiger partial charge >= 0.3 is 5.97 Å². The summed E-state index contributed by atoms with van der Waals surface area (Å²) in [5.41, 5.74) is 1.42. The molecule has 0 bridgehead atoms. The summed E-state index contributed by atoms with van der Waals surface area (Å²) in [6.45, 7) is 2.26. The number of likely N-dealkylation sites (N-methyl/N-ethyl adjacent to an activating group) is 1. The topological polar surface area (TPSA) is 66.8 Å². The molecule has 0 saturated carbocycles. The first-order valence-corrected chi connectivity index (χ1v) is 7.05. The van der Waals surface area contributed by atoms with Crippen molar-refractivity contribution in [3.8, 4) is 0 Å². The van der Waals surface area contributed by atoms with Crippen LogP contribution in [0.25, 0.3) is 0 Å². The van der Waals surface area contributed by atoms with E-state index in [1.165, 1.54) is 4.90 Å². The van der Waals surface area contributed by atoms with Gasteiger partial charge in [-0.2, -0.15) is 0 Å². The molecule has 1 aliphatic rings. The first-order valence-electron chi connectivity index (χ1n) is 6.25. The molecule has 1 N–H and O–H groups in total. The molecule has 1 saturated heterocycles. The molecule has 1 heterocycles. The molecule has 1 aromatic carbocycles. The number of carboxylic acid groups (broad SMARTS) is 1. The Bertz CT molecular complexity index is 546. The van der Waals surface area contributed by atoms with Crippen LogP contribution in [0.4, 0.5) is 0 Å². The van der Waals surface area contributed by atoms with E-state index in [1.54, 1.807) is 13.1 Å². The fourth-order valence-corrected chi connectivity index (χ4v) is 2.69. The number of aliphatic carboxylic acids is 1. The van der Waals surface area contributed by atoms with E-state index >= 15 is 0 Å². The first kappa shape index (κ1) is 15.0. The summed E-state index contributed by atoms with van der Waals surface area (Å²) in [6.07, 6.45) is 0. The summed E-state index contributed by atoms with van der Waals surface area (Å²) in [5, 5.41) is 9.16. The van der Waals surface area contributed by atoms with Gasteiger partial charge in [0, 0.05) is 17.1 Å². The lowest BCUT2D eigenvalue weighted by Crippen LogP contribution is -2.44. The van der Waals surface area contributed by atoms with E-state index in [2.05, 4.69) is 15.9 Å². The number of amides is 1. The average molecular weight is 342 g/mol. The predicted octanol–water partition coefficient (Wildman–Crippen LogP) is 1.93. The summed E-state index contributed by atoms with van der Waals surface area (Å²) < 4.78 is 6.03. The van der Waals surface area contributed by atoms with E-state index in [-0.39, 0.29) is 19.1 Å². The van der Waals surface area contributed by atoms with Crippen molar-refractivity contribution in [3.05, 3.63) is 33.8 Å². The number of halogens is 1. The molecule has 0 aromatic heterocycles. The predicted molar refractivity (Wildman–Crippen MR) is 76.7 cm³/mol. The lowest BCUT2D eigenvalue weighted by Gasteiger charge is -2.27. The van der Waals surface area contributed by atoms with Crippen molar-refractivity contribution in [2.75, 3.05) is 20.3 Å². The third-order valence-electron chi connectivity index (χ3n) is 3.62. The van der Waals surface area contributed by atoms with Crippen LogP contribution in [0.3, 0.4) is 0 Å². The Morgan fingerprint density at radius 2 is 2.10 bits per heavy atom. The average Bonchev–Trinajstić information content (AvgIpc) is 2.89. The molecule has 5 nitrogen and oxygen atoms in total. The number of benzene rings is 1. The van der Waals surface area contributed by atoms with Crippen LogP contribution in [0.15, 0.2) is 22.7 Å². The van der Waals surface area contributed by atoms with E-state index in [1.807, 2.05) is 19.1 Å². The second-order valence-electron chi connectivity index (χ2n) is 4.92. The maximum absolute atomic E-state index is 12.5. The van der Waals surface area contributed by atoms with Crippen LogP contribution in [0.2, 0.25) is 0 Å². The SMILES string of the molecule is Cc1ccc(Br)cc1C(=O)N(C)C1COCC1C(=O)O. The summed E-state index contributed by atoms with van der Waals surface area (Å²) >= 11 is 3.34. The second kappa shape index (κ2) is 5.93. The van der Waals surface area contributed by atoms with Gasteiger partial charge in [0.15, 0.2) is 0 Å². The Labute approximate surface area is 125 Å². The van der Waals surface area contributed by atoms with Crippen LogP contribution in [0.1, 0.15) is 15.9 Å². The summed E-state index contributed by atoms with van der Waals surface area (Å²) in [7, 11) is 1.62. The minimum absolute atomic E-state index is 0.148. The van der Waals surface area contributed by atoms with Gasteiger partial charge < -0.3 is 14.7 Å². The smallest absolute Gasteiger partial charge is 0.311 e. The standard InChI is InChI=1S/C14H16BrNO4/c1-8-3-4-9(15)5-10(8)13(17)16(2)12-7-20-6-11(12)14(18)19/h3-5,11-12H,6-7H2,1-2H3,(H,18,19). The lowest BCUT2D eigenvalue weighted by molar-refractivity contribution is -0.142. The number of carboxylic acids is 1. The highest BCUT2D eigenvalue weighted by atomic mass is 79.9. The highest BCUT2D eigenvalue weighted by molar-refractivity contribution is 9.10. The number of rotatable bonds is 3. The highest BCUT2D eigenvalue weighted by Crippen LogP contribution is 2.23. The number of ether oxygens (including phenoxy) is 1. The molecular formula is C14H16BrNO4. The third-order valence-corrected chi connectivity index (χ3v) is 4.11. The minimum Gasteiger partial charge on any atom is -0.481 e. The van der Waals surface area contributed by atoms with E-state index < -0.39 is 17.9 Å². The second-order valence-corrected chi connectivity index (χ2v) is 5.84. The van der Waals surface area contributed by atoms with Gasteiger partial charge in [0.25, 0.3) is 5.91 Å². The Kier molecular flexibility index (Phi) is 4.45. The zero-order valence-corrected chi connectivity index (χ0v) is 12.9. The van der Waals surface area contributed by atoms with Gasteiger partial charge in [0.1, 0.15) is 5.92 Å². The number of hydrogen-bond acceptors (Lipinski definition) is 3. The molecule has 108 valence electrons. The molecule has 2 unspecified atom stereocenters. The Morgan fingerprint density at radius 3 is 2.75 bits per heavy atom. The summed E-state index contributed by atoms with van der Waals surface area (Å²) in [5.74, 6) is -1.79. The minimum atomic E-state index is -0.932. The molecule has 1 aliphatic heterocycles. The molecule has 0 aliphatic carbocycles. The van der Waals surface area contributed by atoms with E-state index in [0.29, 0.717) is 5.56 Å². The van der Waals surface area contributed by atoms with Crippen molar-refractivity contribution in [2.45, 2.75) is 13.0 Å². The molecule has 0 spiro atoms. The van der Waals surface area contributed by atoms with Crippen LogP contribution in [-0.4, -0.2) is 48.2 Å². The molecule has 2 rings (SSSR count). The number of carbonyl (C=O) groups is 2. The maximum Gasteiger partial charge on any atom is 0.311 e. The molecule has 6 heteroatoms. The molecule has 1 fully saturated rings. The molecular weight excluding hydrogens is 326 g/mol. The van der Waals surface area contributed by atoms with Crippen molar-refractivity contribution >= 4 is 27.8 Å². The Hall–Kier alpha value is -1.40. The van der Waals surface area contributed by atoms with Crippen molar-refractivity contribution in [2.24, 2.45) is 5.92 Å².